The Morgan fingerprint density at radius 2 is 2.31 bits per heavy atom. The van der Waals surface area contributed by atoms with Gasteiger partial charge in [0.15, 0.2) is 0 Å². The van der Waals surface area contributed by atoms with Gasteiger partial charge < -0.3 is 0 Å². The van der Waals surface area contributed by atoms with Crippen molar-refractivity contribution < 1.29 is 0 Å². The van der Waals surface area contributed by atoms with Crippen LogP contribution in [0, 0.1) is 0 Å². The van der Waals surface area contributed by atoms with Gasteiger partial charge in [-0.1, -0.05) is 25.7 Å². The van der Waals surface area contributed by atoms with Gasteiger partial charge >= 0.3 is 0 Å². The minimum Gasteiger partial charge on any atom is -0.241 e. The lowest BCUT2D eigenvalue weighted by atomic mass is 10.2. The molecule has 0 fully saturated rings. The first-order chi connectivity index (χ1) is 6.31. The summed E-state index contributed by atoms with van der Waals surface area (Å²) in [6.07, 6.45) is 8.39. The van der Waals surface area contributed by atoms with E-state index in [-0.39, 0.29) is 0 Å². The van der Waals surface area contributed by atoms with Gasteiger partial charge in [-0.2, -0.15) is 0 Å². The predicted octanol–water partition coefficient (Wildman–Crippen LogP) is 2.72. The zero-order chi connectivity index (χ0) is 9.68. The van der Waals surface area contributed by atoms with Gasteiger partial charge in [0.2, 0.25) is 0 Å². The van der Waals surface area contributed by atoms with Crippen LogP contribution in [0.5, 0.6) is 0 Å². The molecule has 0 saturated carbocycles. The smallest absolute Gasteiger partial charge is 0.128 e. The van der Waals surface area contributed by atoms with Crippen LogP contribution in [0.2, 0.25) is 0 Å². The fraction of sp³-hybridized carbons (Fsp3) is 0.273. The molecule has 0 unspecified atom stereocenters. The number of hydrogen-bond acceptors (Lipinski definition) is 2. The highest BCUT2D eigenvalue weighted by molar-refractivity contribution is 5.60. The van der Waals surface area contributed by atoms with E-state index in [0.717, 1.165) is 23.5 Å². The van der Waals surface area contributed by atoms with Crippen LogP contribution >= 0.6 is 0 Å². The maximum absolute atomic E-state index is 4.38. The summed E-state index contributed by atoms with van der Waals surface area (Å²) in [6, 6.07) is 0. The highest BCUT2D eigenvalue weighted by Crippen LogP contribution is 2.09. The minimum absolute atomic E-state index is 0.863. The topological polar surface area (TPSA) is 25.8 Å². The van der Waals surface area contributed by atoms with E-state index >= 15 is 0 Å². The largest absolute Gasteiger partial charge is 0.241 e. The zero-order valence-electron chi connectivity index (χ0n) is 8.12. The normalized spacial score (nSPS) is 10.6. The van der Waals surface area contributed by atoms with E-state index in [4.69, 9.17) is 0 Å². The van der Waals surface area contributed by atoms with Gasteiger partial charge in [-0.25, -0.2) is 9.97 Å². The Bertz CT molecular complexity index is 327. The first-order valence-corrected chi connectivity index (χ1v) is 4.42. The van der Waals surface area contributed by atoms with Crippen LogP contribution < -0.4 is 0 Å². The van der Waals surface area contributed by atoms with Crippen LogP contribution in [0.3, 0.4) is 0 Å². The van der Waals surface area contributed by atoms with Crippen LogP contribution in [0.4, 0.5) is 0 Å². The molecule has 0 amide bonds. The Kier molecular flexibility index (Phi) is 3.38. The van der Waals surface area contributed by atoms with E-state index in [1.807, 2.05) is 32.2 Å². The lowest BCUT2D eigenvalue weighted by Crippen LogP contribution is -1.96. The molecule has 0 spiro atoms. The summed E-state index contributed by atoms with van der Waals surface area (Å²) >= 11 is 0. The third-order valence-corrected chi connectivity index (χ3v) is 1.76. The molecule has 1 aromatic rings. The quantitative estimate of drug-likeness (QED) is 0.704. The van der Waals surface area contributed by atoms with Crippen LogP contribution in [-0.2, 0) is 6.42 Å². The van der Waals surface area contributed by atoms with Gasteiger partial charge in [0.1, 0.15) is 5.82 Å². The maximum atomic E-state index is 4.38. The average molecular weight is 174 g/mol. The molecule has 0 radical (unpaired) electrons. The van der Waals surface area contributed by atoms with Crippen LogP contribution in [-0.4, -0.2) is 9.97 Å². The Hall–Kier alpha value is -1.44. The van der Waals surface area contributed by atoms with Gasteiger partial charge in [0.25, 0.3) is 0 Å². The van der Waals surface area contributed by atoms with Crippen LogP contribution in [0.15, 0.2) is 18.9 Å². The Labute approximate surface area is 79.0 Å². The summed E-state index contributed by atoms with van der Waals surface area (Å²) < 4.78 is 0. The number of aryl methyl sites for hydroxylation is 1. The highest BCUT2D eigenvalue weighted by atomic mass is 14.9. The SMILES string of the molecule is C=Cc1cnc(CC)nc1/C=C\C. The zero-order valence-corrected chi connectivity index (χ0v) is 8.12. The van der Waals surface area contributed by atoms with Crippen molar-refractivity contribution in [2.45, 2.75) is 20.3 Å². The highest BCUT2D eigenvalue weighted by Gasteiger charge is 1.99. The fourth-order valence-corrected chi connectivity index (χ4v) is 1.06. The van der Waals surface area contributed by atoms with E-state index in [1.54, 1.807) is 6.08 Å². The van der Waals surface area contributed by atoms with Crippen molar-refractivity contribution in [1.82, 2.24) is 9.97 Å². The number of rotatable bonds is 3. The van der Waals surface area contributed by atoms with Gasteiger partial charge in [0.05, 0.1) is 5.69 Å². The molecule has 68 valence electrons. The summed E-state index contributed by atoms with van der Waals surface area (Å²) in [7, 11) is 0. The van der Waals surface area contributed by atoms with E-state index in [0.29, 0.717) is 0 Å². The van der Waals surface area contributed by atoms with Crippen molar-refractivity contribution in [3.63, 3.8) is 0 Å². The molecule has 2 nitrogen and oxygen atoms in total. The molecule has 1 rings (SSSR count). The number of nitrogens with zero attached hydrogens (tertiary/aromatic N) is 2. The van der Waals surface area contributed by atoms with Gasteiger partial charge in [0, 0.05) is 18.2 Å². The first-order valence-electron chi connectivity index (χ1n) is 4.42. The summed E-state index contributed by atoms with van der Waals surface area (Å²) in [5.41, 5.74) is 1.93. The molecule has 2 heteroatoms. The summed E-state index contributed by atoms with van der Waals surface area (Å²) in [5.74, 6) is 0.874. The second-order valence-corrected chi connectivity index (χ2v) is 2.68. The second-order valence-electron chi connectivity index (χ2n) is 2.68. The molecular formula is C11H14N2. The van der Waals surface area contributed by atoms with Gasteiger partial charge in [-0.15, -0.1) is 0 Å². The molecule has 0 bridgehead atoms. The van der Waals surface area contributed by atoms with E-state index in [9.17, 15) is 0 Å². The molecule has 1 heterocycles. The maximum Gasteiger partial charge on any atom is 0.128 e. The molecule has 1 aromatic heterocycles. The molecule has 0 atom stereocenters. The Balaban J connectivity index is 3.17. The summed E-state index contributed by atoms with van der Waals surface area (Å²) in [5, 5.41) is 0. The summed E-state index contributed by atoms with van der Waals surface area (Å²) in [4.78, 5) is 8.58. The first kappa shape index (κ1) is 9.65. The molecular weight excluding hydrogens is 160 g/mol. The molecule has 13 heavy (non-hydrogen) atoms. The molecule has 0 aliphatic heterocycles. The van der Waals surface area contributed by atoms with Crippen molar-refractivity contribution in [2.24, 2.45) is 0 Å². The van der Waals surface area contributed by atoms with Crippen LogP contribution in [0.25, 0.3) is 12.2 Å². The summed E-state index contributed by atoms with van der Waals surface area (Å²) in [6.45, 7) is 7.73. The third kappa shape index (κ3) is 2.25. The molecule has 0 saturated heterocycles. The number of hydrogen-bond donors (Lipinski definition) is 0. The van der Waals surface area contributed by atoms with E-state index < -0.39 is 0 Å². The van der Waals surface area contributed by atoms with Gasteiger partial charge in [-0.3, -0.25) is 0 Å². The molecule has 0 aliphatic carbocycles. The minimum atomic E-state index is 0.863. The Morgan fingerprint density at radius 3 is 2.85 bits per heavy atom. The molecule has 0 aliphatic rings. The standard InChI is InChI=1S/C11H14N2/c1-4-7-10-9(5-2)8-12-11(6-3)13-10/h4-5,7-8H,2,6H2,1,3H3/b7-4-. The van der Waals surface area contributed by atoms with Crippen molar-refractivity contribution in [3.05, 3.63) is 35.9 Å². The van der Waals surface area contributed by atoms with Crippen molar-refractivity contribution in [1.29, 1.82) is 0 Å². The van der Waals surface area contributed by atoms with Crippen molar-refractivity contribution >= 4 is 12.2 Å². The molecule has 0 aromatic carbocycles. The lowest BCUT2D eigenvalue weighted by Gasteiger charge is -2.01. The van der Waals surface area contributed by atoms with E-state index in [1.165, 1.54) is 0 Å². The Morgan fingerprint density at radius 1 is 1.54 bits per heavy atom. The van der Waals surface area contributed by atoms with Gasteiger partial charge in [-0.05, 0) is 13.0 Å². The molecule has 0 N–H and O–H groups in total. The second kappa shape index (κ2) is 4.55. The van der Waals surface area contributed by atoms with Crippen LogP contribution in [0.1, 0.15) is 30.9 Å². The van der Waals surface area contributed by atoms with Crippen molar-refractivity contribution in [3.8, 4) is 0 Å². The number of allylic oxidation sites excluding steroid dienone is 1. The average Bonchev–Trinajstić information content (AvgIpc) is 2.18. The predicted molar refractivity (Wildman–Crippen MR) is 56.2 cm³/mol. The monoisotopic (exact) mass is 174 g/mol. The third-order valence-electron chi connectivity index (χ3n) is 1.76. The van der Waals surface area contributed by atoms with Crippen molar-refractivity contribution in [2.75, 3.05) is 0 Å². The van der Waals surface area contributed by atoms with E-state index in [2.05, 4.69) is 16.5 Å². The fourth-order valence-electron chi connectivity index (χ4n) is 1.06. The lowest BCUT2D eigenvalue weighted by molar-refractivity contribution is 0.931. The number of aromatic nitrogens is 2.